The number of hydrogen-bond donors (Lipinski definition) is 8. The number of carboxylic acids is 2. The minimum absolute atomic E-state index is 0.149. The molecular weight excluding hydrogens is 406 g/mol. The molecule has 4 unspecified atom stereocenters. The highest BCUT2D eigenvalue weighted by Gasteiger charge is 2.30. The molecule has 0 saturated carbocycles. The van der Waals surface area contributed by atoms with Crippen molar-refractivity contribution in [3.8, 4) is 0 Å². The van der Waals surface area contributed by atoms with Gasteiger partial charge in [0.05, 0.1) is 18.7 Å². The van der Waals surface area contributed by atoms with Crippen LogP contribution in [0.5, 0.6) is 0 Å². The number of nitrogens with one attached hydrogen (secondary N) is 3. The van der Waals surface area contributed by atoms with E-state index in [1.165, 1.54) is 6.92 Å². The largest absolute Gasteiger partial charge is 0.481 e. The van der Waals surface area contributed by atoms with Crippen LogP contribution in [0, 0.1) is 0 Å². The van der Waals surface area contributed by atoms with Crippen LogP contribution in [-0.2, 0) is 28.8 Å². The summed E-state index contributed by atoms with van der Waals surface area (Å²) in [6.07, 6.45) is -2.51. The smallest absolute Gasteiger partial charge is 0.326 e. The van der Waals surface area contributed by atoms with Crippen molar-refractivity contribution < 1.29 is 44.1 Å². The predicted molar refractivity (Wildman–Crippen MR) is 99.5 cm³/mol. The lowest BCUT2D eigenvalue weighted by molar-refractivity contribution is -0.143. The summed E-state index contributed by atoms with van der Waals surface area (Å²) in [6.45, 7) is 0.546. The van der Waals surface area contributed by atoms with Gasteiger partial charge in [-0.15, -0.1) is 0 Å². The van der Waals surface area contributed by atoms with Gasteiger partial charge >= 0.3 is 11.9 Å². The molecule has 14 heteroatoms. The van der Waals surface area contributed by atoms with E-state index in [-0.39, 0.29) is 25.7 Å². The van der Waals surface area contributed by atoms with E-state index >= 15 is 0 Å². The number of carbonyl (C=O) groups is 6. The number of aliphatic carboxylic acids is 2. The molecule has 0 aromatic rings. The molecular formula is C16H27N5O9. The van der Waals surface area contributed by atoms with Crippen molar-refractivity contribution in [3.63, 3.8) is 0 Å². The fraction of sp³-hybridized carbons (Fsp3) is 0.625. The van der Waals surface area contributed by atoms with Crippen LogP contribution in [0.4, 0.5) is 0 Å². The predicted octanol–water partition coefficient (Wildman–Crippen LogP) is -4.00. The molecule has 0 aromatic heterocycles. The van der Waals surface area contributed by atoms with Crippen molar-refractivity contribution in [1.29, 1.82) is 0 Å². The van der Waals surface area contributed by atoms with Gasteiger partial charge in [0, 0.05) is 12.8 Å². The maximum atomic E-state index is 12.2. The lowest BCUT2D eigenvalue weighted by Gasteiger charge is -2.23. The van der Waals surface area contributed by atoms with Gasteiger partial charge in [-0.3, -0.25) is 24.0 Å². The second kappa shape index (κ2) is 13.1. The van der Waals surface area contributed by atoms with Crippen LogP contribution >= 0.6 is 0 Å². The Balaban J connectivity index is 4.78. The molecule has 4 amide bonds. The van der Waals surface area contributed by atoms with Crippen molar-refractivity contribution in [3.05, 3.63) is 0 Å². The van der Waals surface area contributed by atoms with E-state index in [2.05, 4.69) is 16.0 Å². The van der Waals surface area contributed by atoms with E-state index in [1.54, 1.807) is 0 Å². The van der Waals surface area contributed by atoms with Crippen LogP contribution in [0.2, 0.25) is 0 Å². The van der Waals surface area contributed by atoms with Gasteiger partial charge in [-0.2, -0.15) is 0 Å². The summed E-state index contributed by atoms with van der Waals surface area (Å²) in [5, 5.41) is 33.8. The minimum Gasteiger partial charge on any atom is -0.481 e. The van der Waals surface area contributed by atoms with Crippen LogP contribution in [-0.4, -0.2) is 81.7 Å². The monoisotopic (exact) mass is 433 g/mol. The topological polar surface area (TPSA) is 251 Å². The van der Waals surface area contributed by atoms with Crippen LogP contribution in [0.25, 0.3) is 0 Å². The first-order valence-electron chi connectivity index (χ1n) is 8.89. The van der Waals surface area contributed by atoms with E-state index in [0.29, 0.717) is 0 Å². The molecule has 0 bridgehead atoms. The number of rotatable bonds is 14. The average molecular weight is 433 g/mol. The zero-order valence-corrected chi connectivity index (χ0v) is 16.3. The van der Waals surface area contributed by atoms with Crippen molar-refractivity contribution >= 4 is 35.6 Å². The molecule has 0 heterocycles. The Morgan fingerprint density at radius 3 is 2.00 bits per heavy atom. The summed E-state index contributed by atoms with van der Waals surface area (Å²) in [5.74, 6) is -6.06. The third kappa shape index (κ3) is 10.9. The minimum atomic E-state index is -1.55. The molecule has 0 aliphatic carbocycles. The molecule has 14 nitrogen and oxygen atoms in total. The highest BCUT2D eigenvalue weighted by atomic mass is 16.4. The van der Waals surface area contributed by atoms with Crippen molar-refractivity contribution in [1.82, 2.24) is 16.0 Å². The molecule has 170 valence electrons. The number of nitrogens with two attached hydrogens (primary N) is 2. The summed E-state index contributed by atoms with van der Waals surface area (Å²) in [4.78, 5) is 68.4. The first-order valence-corrected chi connectivity index (χ1v) is 8.89. The van der Waals surface area contributed by atoms with Gasteiger partial charge in [0.15, 0.2) is 0 Å². The summed E-state index contributed by atoms with van der Waals surface area (Å²) in [6, 6.07) is -4.19. The van der Waals surface area contributed by atoms with Crippen LogP contribution < -0.4 is 27.4 Å². The lowest BCUT2D eigenvalue weighted by Crippen LogP contribution is -2.57. The van der Waals surface area contributed by atoms with E-state index < -0.39 is 66.3 Å². The Labute approximate surface area is 171 Å². The maximum absolute atomic E-state index is 12.2. The lowest BCUT2D eigenvalue weighted by atomic mass is 10.1. The highest BCUT2D eigenvalue weighted by molar-refractivity contribution is 5.93. The number of primary amides is 1. The molecule has 10 N–H and O–H groups in total. The van der Waals surface area contributed by atoms with Crippen LogP contribution in [0.15, 0.2) is 0 Å². The SMILES string of the molecule is CC(O)C(NC(=O)CNC(=O)C(N)CCC(=O)O)C(=O)NC(CCC(N)=O)C(=O)O. The standard InChI is InChI=1S/C16H27N5O9/c1-7(22)13(15(28)20-9(16(29)30)3-4-10(18)23)21-11(24)6-19-14(27)8(17)2-5-12(25)26/h7-9,13,22H,2-6,17H2,1H3,(H2,18,23)(H,19,27)(H,20,28)(H,21,24)(H,25,26)(H,29,30). The maximum Gasteiger partial charge on any atom is 0.326 e. The van der Waals surface area contributed by atoms with Gasteiger partial charge in [-0.25, -0.2) is 4.79 Å². The first kappa shape index (κ1) is 26.7. The molecule has 0 aromatic carbocycles. The molecule has 0 aliphatic rings. The Kier molecular flexibility index (Phi) is 11.6. The summed E-state index contributed by atoms with van der Waals surface area (Å²) >= 11 is 0. The van der Waals surface area contributed by atoms with Gasteiger partial charge < -0.3 is 42.7 Å². The average Bonchev–Trinajstić information content (AvgIpc) is 2.64. The van der Waals surface area contributed by atoms with E-state index in [4.69, 9.17) is 21.7 Å². The van der Waals surface area contributed by atoms with Crippen molar-refractivity contribution in [2.75, 3.05) is 6.54 Å². The fourth-order valence-corrected chi connectivity index (χ4v) is 2.14. The fourth-order valence-electron chi connectivity index (χ4n) is 2.14. The highest BCUT2D eigenvalue weighted by Crippen LogP contribution is 2.01. The van der Waals surface area contributed by atoms with E-state index in [1.807, 2.05) is 0 Å². The second-order valence-corrected chi connectivity index (χ2v) is 6.45. The molecule has 0 fully saturated rings. The van der Waals surface area contributed by atoms with Crippen molar-refractivity contribution in [2.45, 2.75) is 56.8 Å². The first-order chi connectivity index (χ1) is 13.8. The molecule has 0 rings (SSSR count). The Hall–Kier alpha value is -3.26. The zero-order chi connectivity index (χ0) is 23.4. The summed E-state index contributed by atoms with van der Waals surface area (Å²) in [7, 11) is 0. The number of amides is 4. The molecule has 0 aliphatic heterocycles. The molecule has 4 atom stereocenters. The number of hydrogen-bond acceptors (Lipinski definition) is 8. The Morgan fingerprint density at radius 2 is 1.53 bits per heavy atom. The summed E-state index contributed by atoms with van der Waals surface area (Å²) in [5.41, 5.74) is 10.4. The third-order valence-corrected chi connectivity index (χ3v) is 3.80. The normalized spacial score (nSPS) is 14.5. The number of aliphatic hydroxyl groups is 1. The molecule has 30 heavy (non-hydrogen) atoms. The number of carbonyl (C=O) groups excluding carboxylic acids is 4. The van der Waals surface area contributed by atoms with Gasteiger partial charge in [0.2, 0.25) is 23.6 Å². The van der Waals surface area contributed by atoms with Gasteiger partial charge in [0.25, 0.3) is 0 Å². The van der Waals surface area contributed by atoms with Crippen LogP contribution in [0.1, 0.15) is 32.6 Å². The molecule has 0 radical (unpaired) electrons. The quantitative estimate of drug-likeness (QED) is 0.132. The molecule has 0 spiro atoms. The van der Waals surface area contributed by atoms with Crippen molar-refractivity contribution in [2.24, 2.45) is 11.5 Å². The molecule has 0 saturated heterocycles. The van der Waals surface area contributed by atoms with Crippen LogP contribution in [0.3, 0.4) is 0 Å². The van der Waals surface area contributed by atoms with Gasteiger partial charge in [0.1, 0.15) is 12.1 Å². The Morgan fingerprint density at radius 1 is 0.933 bits per heavy atom. The number of carboxylic acid groups (broad SMARTS) is 2. The third-order valence-electron chi connectivity index (χ3n) is 3.80. The second-order valence-electron chi connectivity index (χ2n) is 6.45. The van der Waals surface area contributed by atoms with E-state index in [9.17, 15) is 33.9 Å². The van der Waals surface area contributed by atoms with Gasteiger partial charge in [-0.05, 0) is 19.8 Å². The van der Waals surface area contributed by atoms with E-state index in [0.717, 1.165) is 0 Å². The summed E-state index contributed by atoms with van der Waals surface area (Å²) < 4.78 is 0. The number of aliphatic hydroxyl groups excluding tert-OH is 1. The zero-order valence-electron chi connectivity index (χ0n) is 16.3. The Bertz CT molecular complexity index is 667. The van der Waals surface area contributed by atoms with Gasteiger partial charge in [-0.1, -0.05) is 0 Å².